The highest BCUT2D eigenvalue weighted by Gasteiger charge is 2.39. The number of carbonyl (C=O) groups is 1. The molecule has 0 bridgehead atoms. The molecule has 3 fully saturated rings. The van der Waals surface area contributed by atoms with Crippen molar-refractivity contribution in [2.24, 2.45) is 11.8 Å². The zero-order chi connectivity index (χ0) is 11.7. The van der Waals surface area contributed by atoms with Crippen molar-refractivity contribution in [1.82, 2.24) is 4.90 Å². The molecule has 1 aliphatic carbocycles. The summed E-state index contributed by atoms with van der Waals surface area (Å²) in [5.74, 6) is 4.09. The third-order valence-electron chi connectivity index (χ3n) is 4.85. The summed E-state index contributed by atoms with van der Waals surface area (Å²) < 4.78 is 0. The average Bonchev–Trinajstić information content (AvgIpc) is 2.76. The molecule has 2 nitrogen and oxygen atoms in total. The largest absolute Gasteiger partial charge is 0.339 e. The minimum absolute atomic E-state index is 0.358. The maximum absolute atomic E-state index is 12.6. The Kier molecular flexibility index (Phi) is 3.64. The van der Waals surface area contributed by atoms with E-state index >= 15 is 0 Å². The fourth-order valence-electron chi connectivity index (χ4n) is 3.56. The zero-order valence-electron chi connectivity index (χ0n) is 10.6. The first-order valence-electron chi connectivity index (χ1n) is 7.24. The first-order chi connectivity index (χ1) is 8.36. The molecule has 1 saturated carbocycles. The maximum Gasteiger partial charge on any atom is 0.225 e. The van der Waals surface area contributed by atoms with E-state index in [2.05, 4.69) is 4.90 Å². The van der Waals surface area contributed by atoms with Crippen LogP contribution >= 0.6 is 11.8 Å². The van der Waals surface area contributed by atoms with E-state index in [0.29, 0.717) is 17.9 Å². The van der Waals surface area contributed by atoms with Crippen molar-refractivity contribution in [1.29, 1.82) is 0 Å². The summed E-state index contributed by atoms with van der Waals surface area (Å²) in [6, 6.07) is 0.617. The lowest BCUT2D eigenvalue weighted by Gasteiger charge is -2.38. The van der Waals surface area contributed by atoms with E-state index in [1.807, 2.05) is 11.8 Å². The van der Waals surface area contributed by atoms with Crippen molar-refractivity contribution in [3.63, 3.8) is 0 Å². The molecule has 3 heteroatoms. The molecular weight excluding hydrogens is 230 g/mol. The van der Waals surface area contributed by atoms with E-state index in [4.69, 9.17) is 0 Å². The summed E-state index contributed by atoms with van der Waals surface area (Å²) in [6.07, 6.45) is 8.90. The molecule has 2 heterocycles. The van der Waals surface area contributed by atoms with Gasteiger partial charge in [0.2, 0.25) is 5.91 Å². The van der Waals surface area contributed by atoms with Gasteiger partial charge in [0, 0.05) is 18.5 Å². The number of hydrogen-bond acceptors (Lipinski definition) is 2. The molecule has 0 radical (unpaired) electrons. The van der Waals surface area contributed by atoms with Crippen molar-refractivity contribution in [2.75, 3.05) is 18.1 Å². The second kappa shape index (κ2) is 5.21. The molecule has 2 saturated heterocycles. The van der Waals surface area contributed by atoms with Gasteiger partial charge in [-0.25, -0.2) is 0 Å². The lowest BCUT2D eigenvalue weighted by Crippen LogP contribution is -2.45. The predicted octanol–water partition coefficient (Wildman–Crippen LogP) is 2.92. The lowest BCUT2D eigenvalue weighted by atomic mass is 9.78. The third kappa shape index (κ3) is 2.35. The fraction of sp³-hybridized carbons (Fsp3) is 0.929. The van der Waals surface area contributed by atoms with Gasteiger partial charge in [-0.2, -0.15) is 11.8 Å². The molecule has 0 aromatic heterocycles. The normalized spacial score (nSPS) is 31.5. The molecule has 3 aliphatic rings. The van der Waals surface area contributed by atoms with Gasteiger partial charge in [-0.1, -0.05) is 6.42 Å². The Bertz CT molecular complexity index is 284. The average molecular weight is 253 g/mol. The SMILES string of the molecule is O=C(C1CCSCC1)N1CCCC1C1CCC1. The van der Waals surface area contributed by atoms with E-state index in [1.54, 1.807) is 0 Å². The van der Waals surface area contributed by atoms with Crippen molar-refractivity contribution < 1.29 is 4.79 Å². The molecule has 2 aliphatic heterocycles. The van der Waals surface area contributed by atoms with Crippen molar-refractivity contribution in [2.45, 2.75) is 51.0 Å². The summed E-state index contributed by atoms with van der Waals surface area (Å²) in [5.41, 5.74) is 0. The van der Waals surface area contributed by atoms with E-state index in [1.165, 1.54) is 43.6 Å². The first-order valence-corrected chi connectivity index (χ1v) is 8.40. The third-order valence-corrected chi connectivity index (χ3v) is 5.90. The Morgan fingerprint density at radius 3 is 2.41 bits per heavy atom. The molecule has 0 spiro atoms. The molecule has 0 aromatic rings. The number of nitrogens with zero attached hydrogens (tertiary/aromatic N) is 1. The van der Waals surface area contributed by atoms with Gasteiger partial charge < -0.3 is 4.90 Å². The van der Waals surface area contributed by atoms with Crippen molar-refractivity contribution in [3.05, 3.63) is 0 Å². The Labute approximate surface area is 109 Å². The van der Waals surface area contributed by atoms with Gasteiger partial charge in [0.05, 0.1) is 0 Å². The van der Waals surface area contributed by atoms with Crippen molar-refractivity contribution >= 4 is 17.7 Å². The van der Waals surface area contributed by atoms with Crippen LogP contribution in [-0.2, 0) is 4.79 Å². The van der Waals surface area contributed by atoms with Gasteiger partial charge in [-0.05, 0) is 55.9 Å². The van der Waals surface area contributed by atoms with Crippen LogP contribution in [0.1, 0.15) is 44.9 Å². The summed E-state index contributed by atoms with van der Waals surface area (Å²) >= 11 is 2.01. The Balaban J connectivity index is 1.62. The molecule has 96 valence electrons. The Morgan fingerprint density at radius 2 is 1.76 bits per heavy atom. The van der Waals surface area contributed by atoms with E-state index < -0.39 is 0 Å². The summed E-state index contributed by atoms with van der Waals surface area (Å²) in [6.45, 7) is 1.05. The number of thioether (sulfide) groups is 1. The molecule has 1 amide bonds. The summed E-state index contributed by atoms with van der Waals surface area (Å²) in [4.78, 5) is 14.8. The Hall–Kier alpha value is -0.180. The van der Waals surface area contributed by atoms with Crippen LogP contribution in [-0.4, -0.2) is 34.9 Å². The topological polar surface area (TPSA) is 20.3 Å². The minimum atomic E-state index is 0.358. The van der Waals surface area contributed by atoms with Gasteiger partial charge in [0.25, 0.3) is 0 Å². The molecule has 3 rings (SSSR count). The molecule has 0 N–H and O–H groups in total. The van der Waals surface area contributed by atoms with Gasteiger partial charge in [0.1, 0.15) is 0 Å². The Morgan fingerprint density at radius 1 is 1.00 bits per heavy atom. The number of carbonyl (C=O) groups excluding carboxylic acids is 1. The maximum atomic E-state index is 12.6. The number of hydrogen-bond donors (Lipinski definition) is 0. The lowest BCUT2D eigenvalue weighted by molar-refractivity contribution is -0.138. The monoisotopic (exact) mass is 253 g/mol. The van der Waals surface area contributed by atoms with E-state index in [9.17, 15) is 4.79 Å². The minimum Gasteiger partial charge on any atom is -0.339 e. The predicted molar refractivity (Wildman–Crippen MR) is 72.1 cm³/mol. The van der Waals surface area contributed by atoms with E-state index in [-0.39, 0.29) is 0 Å². The first kappa shape index (κ1) is 11.9. The van der Waals surface area contributed by atoms with Gasteiger partial charge in [-0.15, -0.1) is 0 Å². The van der Waals surface area contributed by atoms with Crippen LogP contribution < -0.4 is 0 Å². The van der Waals surface area contributed by atoms with Crippen molar-refractivity contribution in [3.8, 4) is 0 Å². The van der Waals surface area contributed by atoms with Crippen LogP contribution in [0.3, 0.4) is 0 Å². The van der Waals surface area contributed by atoms with Crippen LogP contribution in [0.15, 0.2) is 0 Å². The summed E-state index contributed by atoms with van der Waals surface area (Å²) in [7, 11) is 0. The molecule has 17 heavy (non-hydrogen) atoms. The molecule has 0 aromatic carbocycles. The highest BCUT2D eigenvalue weighted by molar-refractivity contribution is 7.99. The standard InChI is InChI=1S/C14H23NOS/c16-14(12-6-9-17-10-7-12)15-8-2-5-13(15)11-3-1-4-11/h11-13H,1-10H2. The van der Waals surface area contributed by atoms with Crippen LogP contribution in [0.4, 0.5) is 0 Å². The number of likely N-dealkylation sites (tertiary alicyclic amines) is 1. The quantitative estimate of drug-likeness (QED) is 0.754. The second-order valence-corrected chi connectivity index (χ2v) is 7.04. The molecular formula is C14H23NOS. The number of rotatable bonds is 2. The van der Waals surface area contributed by atoms with E-state index in [0.717, 1.165) is 25.3 Å². The summed E-state index contributed by atoms with van der Waals surface area (Å²) in [5, 5.41) is 0. The molecule has 1 unspecified atom stereocenters. The van der Waals surface area contributed by atoms with Crippen LogP contribution in [0.25, 0.3) is 0 Å². The van der Waals surface area contributed by atoms with Gasteiger partial charge in [0.15, 0.2) is 0 Å². The molecule has 1 atom stereocenters. The number of amides is 1. The van der Waals surface area contributed by atoms with Gasteiger partial charge in [-0.3, -0.25) is 4.79 Å². The zero-order valence-corrected chi connectivity index (χ0v) is 11.4. The van der Waals surface area contributed by atoms with Crippen LogP contribution in [0.2, 0.25) is 0 Å². The second-order valence-electron chi connectivity index (χ2n) is 5.82. The highest BCUT2D eigenvalue weighted by atomic mass is 32.2. The fourth-order valence-corrected chi connectivity index (χ4v) is 4.67. The van der Waals surface area contributed by atoms with Gasteiger partial charge >= 0.3 is 0 Å². The van der Waals surface area contributed by atoms with Crippen LogP contribution in [0.5, 0.6) is 0 Å². The van der Waals surface area contributed by atoms with Crippen LogP contribution in [0, 0.1) is 11.8 Å². The highest BCUT2D eigenvalue weighted by Crippen LogP contribution is 2.38. The smallest absolute Gasteiger partial charge is 0.225 e.